The Morgan fingerprint density at radius 2 is 2.03 bits per heavy atom. The molecule has 1 spiro atoms. The second kappa shape index (κ2) is 9.39. The first-order valence-electron chi connectivity index (χ1n) is 11.2. The van der Waals surface area contributed by atoms with Crippen LogP contribution in [-0.2, 0) is 9.47 Å². The molecule has 1 N–H and O–H groups in total. The molecule has 33 heavy (non-hydrogen) atoms. The van der Waals surface area contributed by atoms with Gasteiger partial charge in [0.2, 0.25) is 0 Å². The molecule has 180 valence electrons. The summed E-state index contributed by atoms with van der Waals surface area (Å²) in [6, 6.07) is 10.5. The number of aromatic amines is 1. The molecule has 0 saturated carbocycles. The van der Waals surface area contributed by atoms with E-state index < -0.39 is 5.60 Å². The van der Waals surface area contributed by atoms with Crippen LogP contribution in [0.15, 0.2) is 30.3 Å². The monoisotopic (exact) mass is 489 g/mol. The van der Waals surface area contributed by atoms with Gasteiger partial charge in [-0.2, -0.15) is 27.0 Å². The summed E-state index contributed by atoms with van der Waals surface area (Å²) < 4.78 is 11.6. The summed E-state index contributed by atoms with van der Waals surface area (Å²) in [5.74, 6) is 0.830. The number of hydrogen-bond acceptors (Lipinski definition) is 4. The number of amides is 1. The third kappa shape index (κ3) is 4.98. The lowest BCUT2D eigenvalue weighted by atomic mass is 9.80. The summed E-state index contributed by atoms with van der Waals surface area (Å²) in [4.78, 5) is 23.5. The zero-order valence-corrected chi connectivity index (χ0v) is 21.8. The predicted molar refractivity (Wildman–Crippen MR) is 142 cm³/mol. The second-order valence-corrected chi connectivity index (χ2v) is 10.3. The van der Waals surface area contributed by atoms with Gasteiger partial charge in [-0.25, -0.2) is 9.78 Å². The van der Waals surface area contributed by atoms with Crippen LogP contribution < -0.4 is 0 Å². The maximum atomic E-state index is 13.2. The van der Waals surface area contributed by atoms with Crippen LogP contribution >= 0.6 is 27.0 Å². The molecule has 0 radical (unpaired) electrons. The molecule has 3 heterocycles. The number of imidazole rings is 1. The van der Waals surface area contributed by atoms with E-state index in [0.717, 1.165) is 48.1 Å². The van der Waals surface area contributed by atoms with Crippen LogP contribution in [0.1, 0.15) is 57.5 Å². The number of ether oxygens (including phenoxy) is 2. The number of H-pyrrole nitrogens is 1. The Bertz CT molecular complexity index is 1150. The SMILES string of the molecule is Cc1ccc2c(ccc3[nH]c([C@@H]4C[C@@]5(CCCOC5)CN4C(=O)OC(C)(C)C)nc32)c1.S.S. The summed E-state index contributed by atoms with van der Waals surface area (Å²) >= 11 is 0. The van der Waals surface area contributed by atoms with Gasteiger partial charge in [0.25, 0.3) is 0 Å². The number of aryl methyl sites for hydroxylation is 1. The van der Waals surface area contributed by atoms with Gasteiger partial charge in [-0.1, -0.05) is 29.8 Å². The van der Waals surface area contributed by atoms with E-state index in [0.29, 0.717) is 13.2 Å². The zero-order chi connectivity index (χ0) is 21.8. The van der Waals surface area contributed by atoms with Crippen molar-refractivity contribution in [1.29, 1.82) is 0 Å². The quantitative estimate of drug-likeness (QED) is 0.474. The lowest BCUT2D eigenvalue weighted by Gasteiger charge is -2.33. The number of fused-ring (bicyclic) bond motifs is 3. The highest BCUT2D eigenvalue weighted by Crippen LogP contribution is 2.47. The standard InChI is InChI=1S/C25H31N3O3.2H2S/c1-16-6-8-18-17(12-16)7-9-19-21(18)27-22(26-19)20-13-25(10-5-11-30-15-25)14-28(20)23(29)31-24(2,3)4;;/h6-9,12,20H,5,10-11,13-15H2,1-4H3,(H,26,27);2*1H2/t20-,25-;;/m0../s1. The van der Waals surface area contributed by atoms with Crippen LogP contribution in [0.4, 0.5) is 4.79 Å². The van der Waals surface area contributed by atoms with Gasteiger partial charge in [0.15, 0.2) is 0 Å². The number of rotatable bonds is 1. The van der Waals surface area contributed by atoms with Crippen LogP contribution in [-0.4, -0.2) is 46.3 Å². The van der Waals surface area contributed by atoms with Gasteiger partial charge in [-0.15, -0.1) is 0 Å². The Labute approximate surface area is 209 Å². The van der Waals surface area contributed by atoms with Crippen molar-refractivity contribution in [3.8, 4) is 0 Å². The van der Waals surface area contributed by atoms with E-state index in [1.165, 1.54) is 10.9 Å². The normalized spacial score (nSPS) is 22.9. The summed E-state index contributed by atoms with van der Waals surface area (Å²) in [5, 5.41) is 2.31. The average molecular weight is 490 g/mol. The molecule has 1 amide bonds. The van der Waals surface area contributed by atoms with E-state index in [1.54, 1.807) is 0 Å². The van der Waals surface area contributed by atoms with Gasteiger partial charge in [-0.05, 0) is 58.4 Å². The van der Waals surface area contributed by atoms with E-state index >= 15 is 0 Å². The topological polar surface area (TPSA) is 67.5 Å². The average Bonchev–Trinajstić information content (AvgIpc) is 3.29. The first-order valence-corrected chi connectivity index (χ1v) is 11.2. The highest BCUT2D eigenvalue weighted by molar-refractivity contribution is 7.59. The number of benzene rings is 2. The minimum atomic E-state index is -0.539. The largest absolute Gasteiger partial charge is 0.444 e. The Morgan fingerprint density at radius 1 is 1.24 bits per heavy atom. The Morgan fingerprint density at radius 3 is 2.73 bits per heavy atom. The minimum Gasteiger partial charge on any atom is -0.444 e. The number of hydrogen-bond donors (Lipinski definition) is 1. The van der Waals surface area contributed by atoms with E-state index in [2.05, 4.69) is 42.2 Å². The van der Waals surface area contributed by atoms with Gasteiger partial charge >= 0.3 is 6.09 Å². The molecule has 2 fully saturated rings. The number of carbonyl (C=O) groups is 1. The fraction of sp³-hybridized carbons (Fsp3) is 0.520. The molecule has 5 rings (SSSR count). The van der Waals surface area contributed by atoms with E-state index in [4.69, 9.17) is 14.5 Å². The van der Waals surface area contributed by atoms with Crippen LogP contribution in [0.3, 0.4) is 0 Å². The van der Waals surface area contributed by atoms with E-state index in [1.807, 2.05) is 25.7 Å². The fourth-order valence-corrected chi connectivity index (χ4v) is 5.11. The third-order valence-corrected chi connectivity index (χ3v) is 6.50. The molecule has 2 aromatic carbocycles. The molecule has 3 aromatic rings. The summed E-state index contributed by atoms with van der Waals surface area (Å²) in [5.41, 5.74) is 2.61. The third-order valence-electron chi connectivity index (χ3n) is 6.50. The molecule has 0 bridgehead atoms. The van der Waals surface area contributed by atoms with Gasteiger partial charge in [0.1, 0.15) is 11.4 Å². The van der Waals surface area contributed by atoms with Crippen LogP contribution in [0.25, 0.3) is 21.8 Å². The predicted octanol–water partition coefficient (Wildman–Crippen LogP) is 5.73. The molecule has 2 saturated heterocycles. The van der Waals surface area contributed by atoms with Gasteiger partial charge in [0, 0.05) is 24.0 Å². The van der Waals surface area contributed by atoms with Gasteiger partial charge in [0.05, 0.1) is 23.7 Å². The molecule has 0 aliphatic carbocycles. The number of nitrogens with zero attached hydrogens (tertiary/aromatic N) is 2. The van der Waals surface area contributed by atoms with Crippen molar-refractivity contribution < 1.29 is 14.3 Å². The number of aromatic nitrogens is 2. The summed E-state index contributed by atoms with van der Waals surface area (Å²) in [6.07, 6.45) is 2.65. The first kappa shape index (κ1) is 25.7. The van der Waals surface area contributed by atoms with Crippen molar-refractivity contribution in [1.82, 2.24) is 14.9 Å². The fourth-order valence-electron chi connectivity index (χ4n) is 5.11. The lowest BCUT2D eigenvalue weighted by Crippen LogP contribution is -2.40. The molecule has 0 unspecified atom stereocenters. The molecule has 2 aliphatic heterocycles. The van der Waals surface area contributed by atoms with Crippen molar-refractivity contribution in [2.45, 2.75) is 58.6 Å². The number of likely N-dealkylation sites (tertiary alicyclic amines) is 1. The van der Waals surface area contributed by atoms with Crippen LogP contribution in [0.2, 0.25) is 0 Å². The van der Waals surface area contributed by atoms with E-state index in [9.17, 15) is 4.79 Å². The molecular weight excluding hydrogens is 454 g/mol. The maximum absolute atomic E-state index is 13.2. The van der Waals surface area contributed by atoms with Crippen LogP contribution in [0.5, 0.6) is 0 Å². The number of nitrogens with one attached hydrogen (secondary N) is 1. The highest BCUT2D eigenvalue weighted by Gasteiger charge is 2.49. The summed E-state index contributed by atoms with van der Waals surface area (Å²) in [7, 11) is 0. The molecule has 2 atom stereocenters. The van der Waals surface area contributed by atoms with Crippen molar-refractivity contribution in [3.63, 3.8) is 0 Å². The lowest BCUT2D eigenvalue weighted by molar-refractivity contribution is -0.00754. The Hall–Kier alpha value is -1.90. The summed E-state index contributed by atoms with van der Waals surface area (Å²) in [6.45, 7) is 9.95. The minimum absolute atomic E-state index is 0. The first-order chi connectivity index (χ1) is 14.7. The Balaban J connectivity index is 0.00000153. The van der Waals surface area contributed by atoms with Gasteiger partial charge in [-0.3, -0.25) is 4.90 Å². The smallest absolute Gasteiger partial charge is 0.410 e. The Kier molecular flexibility index (Phi) is 7.32. The van der Waals surface area contributed by atoms with Crippen molar-refractivity contribution in [2.75, 3.05) is 19.8 Å². The highest BCUT2D eigenvalue weighted by atomic mass is 32.1. The van der Waals surface area contributed by atoms with Crippen molar-refractivity contribution in [3.05, 3.63) is 41.7 Å². The maximum Gasteiger partial charge on any atom is 0.410 e. The van der Waals surface area contributed by atoms with Crippen LogP contribution in [0, 0.1) is 12.3 Å². The molecule has 6 nitrogen and oxygen atoms in total. The zero-order valence-electron chi connectivity index (χ0n) is 19.8. The van der Waals surface area contributed by atoms with Gasteiger partial charge < -0.3 is 14.5 Å². The molecule has 1 aromatic heterocycles. The molecular formula is C25H35N3O3S2. The van der Waals surface area contributed by atoms with E-state index in [-0.39, 0.29) is 44.5 Å². The van der Waals surface area contributed by atoms with Crippen molar-refractivity contribution in [2.24, 2.45) is 5.41 Å². The second-order valence-electron chi connectivity index (χ2n) is 10.3. The molecule has 2 aliphatic rings. The molecule has 8 heteroatoms. The number of carbonyl (C=O) groups excluding carboxylic acids is 1. The van der Waals surface area contributed by atoms with Crippen molar-refractivity contribution >= 4 is 54.9 Å².